The number of amides is 2. The first-order valence-corrected chi connectivity index (χ1v) is 5.23. The third kappa shape index (κ3) is 3.86. The maximum absolute atomic E-state index is 11.6. The van der Waals surface area contributed by atoms with Crippen LogP contribution >= 0.6 is 0 Å². The number of esters is 1. The van der Waals surface area contributed by atoms with Crippen LogP contribution in [0.5, 0.6) is 0 Å². The summed E-state index contributed by atoms with van der Waals surface area (Å²) in [6.07, 6.45) is 0.720. The Balaban J connectivity index is 2.41. The standard InChI is InChI=1S/C10H15N3O4/c1-13-8(14)4-3-7(12-13)10(16)11-6-5-9(15)17-2/h3-6H2,1-2H3,(H,11,16). The lowest BCUT2D eigenvalue weighted by Crippen LogP contribution is -2.38. The number of hydrazone groups is 1. The number of nitrogens with zero attached hydrogens (tertiary/aromatic N) is 2. The Morgan fingerprint density at radius 1 is 1.47 bits per heavy atom. The number of hydrogen-bond donors (Lipinski definition) is 1. The predicted molar refractivity (Wildman–Crippen MR) is 59.1 cm³/mol. The van der Waals surface area contributed by atoms with Crippen LogP contribution in [0.25, 0.3) is 0 Å². The fourth-order valence-corrected chi connectivity index (χ4v) is 1.32. The van der Waals surface area contributed by atoms with Crippen molar-refractivity contribution in [2.45, 2.75) is 19.3 Å². The molecule has 0 fully saturated rings. The van der Waals surface area contributed by atoms with Gasteiger partial charge in [-0.15, -0.1) is 0 Å². The Hall–Kier alpha value is -1.92. The quantitative estimate of drug-likeness (QED) is 0.657. The molecular weight excluding hydrogens is 226 g/mol. The molecule has 1 N–H and O–H groups in total. The van der Waals surface area contributed by atoms with Crippen LogP contribution in [0, 0.1) is 0 Å². The molecule has 0 saturated heterocycles. The number of carbonyl (C=O) groups excluding carboxylic acids is 3. The summed E-state index contributed by atoms with van der Waals surface area (Å²) < 4.78 is 4.44. The molecule has 0 unspecified atom stereocenters. The highest BCUT2D eigenvalue weighted by molar-refractivity contribution is 6.39. The van der Waals surface area contributed by atoms with E-state index in [2.05, 4.69) is 15.2 Å². The number of rotatable bonds is 4. The monoisotopic (exact) mass is 241 g/mol. The van der Waals surface area contributed by atoms with Crippen molar-refractivity contribution in [1.29, 1.82) is 0 Å². The lowest BCUT2D eigenvalue weighted by molar-refractivity contribution is -0.140. The molecule has 0 bridgehead atoms. The first-order chi connectivity index (χ1) is 8.04. The minimum atomic E-state index is -0.386. The van der Waals surface area contributed by atoms with E-state index in [-0.39, 0.29) is 37.2 Å². The molecule has 0 aromatic rings. The molecule has 0 atom stereocenters. The van der Waals surface area contributed by atoms with Crippen LogP contribution in [-0.2, 0) is 19.1 Å². The van der Waals surface area contributed by atoms with Crippen LogP contribution < -0.4 is 5.32 Å². The van der Waals surface area contributed by atoms with Crippen molar-refractivity contribution >= 4 is 23.5 Å². The molecular formula is C10H15N3O4. The summed E-state index contributed by atoms with van der Waals surface area (Å²) in [4.78, 5) is 33.5. The molecule has 7 nitrogen and oxygen atoms in total. The van der Waals surface area contributed by atoms with Crippen molar-refractivity contribution in [3.63, 3.8) is 0 Å². The highest BCUT2D eigenvalue weighted by Crippen LogP contribution is 2.06. The minimum absolute atomic E-state index is 0.115. The molecule has 0 aliphatic carbocycles. The molecule has 7 heteroatoms. The van der Waals surface area contributed by atoms with E-state index in [1.807, 2.05) is 0 Å². The SMILES string of the molecule is COC(=O)CCNC(=O)C1=NN(C)C(=O)CC1. The Bertz CT molecular complexity index is 365. The Morgan fingerprint density at radius 2 is 2.18 bits per heavy atom. The van der Waals surface area contributed by atoms with E-state index in [1.165, 1.54) is 14.2 Å². The van der Waals surface area contributed by atoms with Gasteiger partial charge in [0.05, 0.1) is 13.5 Å². The van der Waals surface area contributed by atoms with Crippen LogP contribution in [0.4, 0.5) is 0 Å². The summed E-state index contributed by atoms with van der Waals surface area (Å²) in [5.74, 6) is -0.854. The van der Waals surface area contributed by atoms with Crippen LogP contribution in [0.2, 0.25) is 0 Å². The molecule has 0 radical (unpaired) electrons. The molecule has 17 heavy (non-hydrogen) atoms. The topological polar surface area (TPSA) is 88.1 Å². The van der Waals surface area contributed by atoms with Gasteiger partial charge in [0.15, 0.2) is 0 Å². The minimum Gasteiger partial charge on any atom is -0.469 e. The number of carbonyl (C=O) groups is 3. The van der Waals surface area contributed by atoms with Gasteiger partial charge in [0.2, 0.25) is 5.91 Å². The van der Waals surface area contributed by atoms with Crippen molar-refractivity contribution in [3.05, 3.63) is 0 Å². The Kier molecular flexibility index (Phi) is 4.62. The smallest absolute Gasteiger partial charge is 0.307 e. The van der Waals surface area contributed by atoms with Crippen molar-refractivity contribution in [3.8, 4) is 0 Å². The second-order valence-electron chi connectivity index (χ2n) is 3.55. The van der Waals surface area contributed by atoms with Crippen LogP contribution in [0.3, 0.4) is 0 Å². The van der Waals surface area contributed by atoms with E-state index < -0.39 is 0 Å². The van der Waals surface area contributed by atoms with Gasteiger partial charge in [-0.25, -0.2) is 5.01 Å². The molecule has 0 aromatic carbocycles. The van der Waals surface area contributed by atoms with Gasteiger partial charge in [-0.05, 0) is 0 Å². The molecule has 94 valence electrons. The Labute approximate surface area is 98.8 Å². The molecule has 0 spiro atoms. The lowest BCUT2D eigenvalue weighted by atomic mass is 10.1. The van der Waals surface area contributed by atoms with E-state index in [9.17, 15) is 14.4 Å². The summed E-state index contributed by atoms with van der Waals surface area (Å²) in [6.45, 7) is 0.197. The normalized spacial score (nSPS) is 15.3. The van der Waals surface area contributed by atoms with E-state index in [1.54, 1.807) is 0 Å². The van der Waals surface area contributed by atoms with E-state index in [0.717, 1.165) is 5.01 Å². The van der Waals surface area contributed by atoms with Crippen molar-refractivity contribution in [2.24, 2.45) is 5.10 Å². The van der Waals surface area contributed by atoms with Gasteiger partial charge in [-0.3, -0.25) is 14.4 Å². The van der Waals surface area contributed by atoms with E-state index in [0.29, 0.717) is 12.1 Å². The highest BCUT2D eigenvalue weighted by atomic mass is 16.5. The van der Waals surface area contributed by atoms with Crippen LogP contribution in [0.1, 0.15) is 19.3 Å². The summed E-state index contributed by atoms with van der Waals surface area (Å²) in [5.41, 5.74) is 0.303. The van der Waals surface area contributed by atoms with Crippen molar-refractivity contribution < 1.29 is 19.1 Å². The molecule has 0 saturated carbocycles. The van der Waals surface area contributed by atoms with Gasteiger partial charge >= 0.3 is 5.97 Å². The van der Waals surface area contributed by atoms with E-state index >= 15 is 0 Å². The number of hydrogen-bond acceptors (Lipinski definition) is 5. The molecule has 1 rings (SSSR count). The average Bonchev–Trinajstić information content (AvgIpc) is 2.32. The van der Waals surface area contributed by atoms with Gasteiger partial charge < -0.3 is 10.1 Å². The van der Waals surface area contributed by atoms with Gasteiger partial charge in [0.25, 0.3) is 5.91 Å². The number of methoxy groups -OCH3 is 1. The maximum Gasteiger partial charge on any atom is 0.307 e. The van der Waals surface area contributed by atoms with Crippen molar-refractivity contribution in [1.82, 2.24) is 10.3 Å². The Morgan fingerprint density at radius 3 is 2.76 bits per heavy atom. The van der Waals surface area contributed by atoms with Crippen LogP contribution in [0.15, 0.2) is 5.10 Å². The van der Waals surface area contributed by atoms with Gasteiger partial charge in [-0.2, -0.15) is 5.10 Å². The van der Waals surface area contributed by atoms with Gasteiger partial charge in [0.1, 0.15) is 5.71 Å². The zero-order valence-electron chi connectivity index (χ0n) is 9.86. The second-order valence-corrected chi connectivity index (χ2v) is 3.55. The predicted octanol–water partition coefficient (Wildman–Crippen LogP) is -0.726. The summed E-state index contributed by atoms with van der Waals surface area (Å²) in [6, 6.07) is 0. The summed E-state index contributed by atoms with van der Waals surface area (Å²) in [5, 5.41) is 7.55. The third-order valence-corrected chi connectivity index (χ3v) is 2.31. The largest absolute Gasteiger partial charge is 0.469 e. The fourth-order valence-electron chi connectivity index (χ4n) is 1.32. The number of nitrogens with one attached hydrogen (secondary N) is 1. The summed E-state index contributed by atoms with van der Waals surface area (Å²) in [7, 11) is 2.79. The second kappa shape index (κ2) is 5.97. The van der Waals surface area contributed by atoms with E-state index in [4.69, 9.17) is 0 Å². The zero-order valence-corrected chi connectivity index (χ0v) is 9.86. The third-order valence-electron chi connectivity index (χ3n) is 2.31. The molecule has 0 aromatic heterocycles. The zero-order chi connectivity index (χ0) is 12.8. The number of ether oxygens (including phenoxy) is 1. The molecule has 2 amide bonds. The fraction of sp³-hybridized carbons (Fsp3) is 0.600. The molecule has 1 aliphatic rings. The maximum atomic E-state index is 11.6. The van der Waals surface area contributed by atoms with Gasteiger partial charge in [0, 0.05) is 26.4 Å². The molecule has 1 aliphatic heterocycles. The first kappa shape index (κ1) is 13.1. The first-order valence-electron chi connectivity index (χ1n) is 5.23. The van der Waals surface area contributed by atoms with Crippen molar-refractivity contribution in [2.75, 3.05) is 20.7 Å². The average molecular weight is 241 g/mol. The summed E-state index contributed by atoms with van der Waals surface area (Å²) >= 11 is 0. The van der Waals surface area contributed by atoms with Crippen LogP contribution in [-0.4, -0.2) is 49.2 Å². The van der Waals surface area contributed by atoms with Gasteiger partial charge in [-0.1, -0.05) is 0 Å². The highest BCUT2D eigenvalue weighted by Gasteiger charge is 2.21. The molecule has 1 heterocycles. The lowest BCUT2D eigenvalue weighted by Gasteiger charge is -2.18.